The van der Waals surface area contributed by atoms with Gasteiger partial charge in [0.15, 0.2) is 0 Å². The SMILES string of the molecule is CC(C)[C@@H]1C[C@H](Oc2ccccc2)CN1. The van der Waals surface area contributed by atoms with Gasteiger partial charge in [-0.2, -0.15) is 0 Å². The van der Waals surface area contributed by atoms with Gasteiger partial charge >= 0.3 is 0 Å². The highest BCUT2D eigenvalue weighted by molar-refractivity contribution is 5.21. The van der Waals surface area contributed by atoms with Gasteiger partial charge in [-0.15, -0.1) is 0 Å². The third-order valence-electron chi connectivity index (χ3n) is 2.98. The summed E-state index contributed by atoms with van der Waals surface area (Å²) in [6, 6.07) is 10.7. The minimum Gasteiger partial charge on any atom is -0.489 e. The van der Waals surface area contributed by atoms with E-state index in [9.17, 15) is 0 Å². The fourth-order valence-electron chi connectivity index (χ4n) is 2.02. The van der Waals surface area contributed by atoms with Crippen molar-refractivity contribution < 1.29 is 4.74 Å². The molecule has 15 heavy (non-hydrogen) atoms. The van der Waals surface area contributed by atoms with Crippen molar-refractivity contribution in [2.45, 2.75) is 32.4 Å². The van der Waals surface area contributed by atoms with Crippen LogP contribution in [0.5, 0.6) is 5.75 Å². The van der Waals surface area contributed by atoms with Crippen molar-refractivity contribution in [1.82, 2.24) is 5.32 Å². The summed E-state index contributed by atoms with van der Waals surface area (Å²) in [7, 11) is 0. The third-order valence-corrected chi connectivity index (χ3v) is 2.98. The molecule has 0 unspecified atom stereocenters. The molecule has 2 nitrogen and oxygen atoms in total. The van der Waals surface area contributed by atoms with Crippen LogP contribution in [0.2, 0.25) is 0 Å². The molecule has 1 saturated heterocycles. The number of para-hydroxylation sites is 1. The van der Waals surface area contributed by atoms with Crippen molar-refractivity contribution in [3.05, 3.63) is 30.3 Å². The predicted octanol–water partition coefficient (Wildman–Crippen LogP) is 2.45. The van der Waals surface area contributed by atoms with Crippen LogP contribution >= 0.6 is 0 Å². The minimum absolute atomic E-state index is 0.333. The molecule has 2 rings (SSSR count). The Labute approximate surface area is 91.6 Å². The van der Waals surface area contributed by atoms with Crippen LogP contribution in [0.3, 0.4) is 0 Å². The van der Waals surface area contributed by atoms with Crippen molar-refractivity contribution in [3.63, 3.8) is 0 Å². The van der Waals surface area contributed by atoms with Crippen LogP contribution in [0.15, 0.2) is 30.3 Å². The Kier molecular flexibility index (Phi) is 3.27. The van der Waals surface area contributed by atoms with Gasteiger partial charge in [-0.05, 0) is 18.1 Å². The fraction of sp³-hybridized carbons (Fsp3) is 0.538. The summed E-state index contributed by atoms with van der Waals surface area (Å²) in [5.41, 5.74) is 0. The molecule has 0 spiro atoms. The maximum atomic E-state index is 5.89. The van der Waals surface area contributed by atoms with Gasteiger partial charge < -0.3 is 10.1 Å². The minimum atomic E-state index is 0.333. The molecule has 82 valence electrons. The highest BCUT2D eigenvalue weighted by atomic mass is 16.5. The molecule has 1 aromatic rings. The number of hydrogen-bond donors (Lipinski definition) is 1. The van der Waals surface area contributed by atoms with Gasteiger partial charge in [-0.25, -0.2) is 0 Å². The van der Waals surface area contributed by atoms with Crippen LogP contribution in [-0.2, 0) is 0 Å². The fourth-order valence-corrected chi connectivity index (χ4v) is 2.02. The Morgan fingerprint density at radius 3 is 2.60 bits per heavy atom. The number of hydrogen-bond acceptors (Lipinski definition) is 2. The Hall–Kier alpha value is -1.02. The Balaban J connectivity index is 1.88. The first kappa shape index (κ1) is 10.5. The van der Waals surface area contributed by atoms with Crippen molar-refractivity contribution in [2.24, 2.45) is 5.92 Å². The first-order valence-corrected chi connectivity index (χ1v) is 5.71. The zero-order valence-corrected chi connectivity index (χ0v) is 9.44. The first-order valence-electron chi connectivity index (χ1n) is 5.71. The van der Waals surface area contributed by atoms with E-state index in [0.29, 0.717) is 18.1 Å². The van der Waals surface area contributed by atoms with Crippen LogP contribution < -0.4 is 10.1 Å². The Morgan fingerprint density at radius 2 is 2.00 bits per heavy atom. The molecule has 0 saturated carbocycles. The summed E-state index contributed by atoms with van der Waals surface area (Å²) in [6.45, 7) is 5.48. The average Bonchev–Trinajstić information content (AvgIpc) is 2.68. The topological polar surface area (TPSA) is 21.3 Å². The normalized spacial score (nSPS) is 25.8. The molecule has 1 aliphatic heterocycles. The maximum absolute atomic E-state index is 5.89. The summed E-state index contributed by atoms with van der Waals surface area (Å²) in [5.74, 6) is 1.67. The quantitative estimate of drug-likeness (QED) is 0.818. The van der Waals surface area contributed by atoms with E-state index in [1.165, 1.54) is 0 Å². The molecule has 0 amide bonds. The van der Waals surface area contributed by atoms with Gasteiger partial charge in [0.1, 0.15) is 11.9 Å². The number of nitrogens with one attached hydrogen (secondary N) is 1. The lowest BCUT2D eigenvalue weighted by Crippen LogP contribution is -2.26. The highest BCUT2D eigenvalue weighted by Crippen LogP contribution is 2.19. The summed E-state index contributed by atoms with van der Waals surface area (Å²) >= 11 is 0. The van der Waals surface area contributed by atoms with Crippen molar-refractivity contribution in [2.75, 3.05) is 6.54 Å². The van der Waals surface area contributed by atoms with E-state index in [2.05, 4.69) is 19.2 Å². The second-order valence-corrected chi connectivity index (χ2v) is 4.55. The van der Waals surface area contributed by atoms with E-state index in [1.807, 2.05) is 30.3 Å². The first-order chi connectivity index (χ1) is 7.25. The zero-order valence-electron chi connectivity index (χ0n) is 9.44. The highest BCUT2D eigenvalue weighted by Gasteiger charge is 2.27. The monoisotopic (exact) mass is 205 g/mol. The molecule has 2 heteroatoms. The van der Waals surface area contributed by atoms with E-state index >= 15 is 0 Å². The van der Waals surface area contributed by atoms with Gasteiger partial charge in [0, 0.05) is 19.0 Å². The molecule has 1 N–H and O–H groups in total. The zero-order chi connectivity index (χ0) is 10.7. The van der Waals surface area contributed by atoms with Crippen LogP contribution in [0.4, 0.5) is 0 Å². The van der Waals surface area contributed by atoms with Crippen molar-refractivity contribution in [3.8, 4) is 5.75 Å². The van der Waals surface area contributed by atoms with Gasteiger partial charge in [0.2, 0.25) is 0 Å². The molecular formula is C13H19NO. The van der Waals surface area contributed by atoms with Crippen LogP contribution in [0, 0.1) is 5.92 Å². The molecule has 1 heterocycles. The second-order valence-electron chi connectivity index (χ2n) is 4.55. The number of rotatable bonds is 3. The molecule has 1 aromatic carbocycles. The maximum Gasteiger partial charge on any atom is 0.119 e. The van der Waals surface area contributed by atoms with Gasteiger partial charge in [0.25, 0.3) is 0 Å². The van der Waals surface area contributed by atoms with Crippen molar-refractivity contribution in [1.29, 1.82) is 0 Å². The summed E-state index contributed by atoms with van der Waals surface area (Å²) in [6.07, 6.45) is 1.45. The molecule has 1 fully saturated rings. The molecule has 2 atom stereocenters. The molecule has 1 aliphatic rings. The predicted molar refractivity (Wildman–Crippen MR) is 62.1 cm³/mol. The Morgan fingerprint density at radius 1 is 1.27 bits per heavy atom. The standard InChI is InChI=1S/C13H19NO/c1-10(2)13-8-12(9-14-13)15-11-6-4-3-5-7-11/h3-7,10,12-14H,8-9H2,1-2H3/t12-,13-/m0/s1. The van der Waals surface area contributed by atoms with Crippen LogP contribution in [-0.4, -0.2) is 18.7 Å². The lowest BCUT2D eigenvalue weighted by Gasteiger charge is -2.15. The number of ether oxygens (including phenoxy) is 1. The summed E-state index contributed by atoms with van der Waals surface area (Å²) in [5, 5.41) is 3.50. The largest absolute Gasteiger partial charge is 0.489 e. The smallest absolute Gasteiger partial charge is 0.119 e. The molecule has 0 aliphatic carbocycles. The van der Waals surface area contributed by atoms with Crippen LogP contribution in [0.1, 0.15) is 20.3 Å². The summed E-state index contributed by atoms with van der Waals surface area (Å²) in [4.78, 5) is 0. The lowest BCUT2D eigenvalue weighted by molar-refractivity contribution is 0.217. The third kappa shape index (κ3) is 2.72. The molecule has 0 radical (unpaired) electrons. The van der Waals surface area contributed by atoms with E-state index < -0.39 is 0 Å². The summed E-state index contributed by atoms with van der Waals surface area (Å²) < 4.78 is 5.89. The number of benzene rings is 1. The average molecular weight is 205 g/mol. The van der Waals surface area contributed by atoms with Gasteiger partial charge in [0.05, 0.1) is 0 Å². The lowest BCUT2D eigenvalue weighted by atomic mass is 10.0. The van der Waals surface area contributed by atoms with E-state index in [-0.39, 0.29) is 0 Å². The molecule has 0 bridgehead atoms. The Bertz CT molecular complexity index is 297. The molecule has 0 aromatic heterocycles. The van der Waals surface area contributed by atoms with Gasteiger partial charge in [-0.1, -0.05) is 32.0 Å². The van der Waals surface area contributed by atoms with Crippen LogP contribution in [0.25, 0.3) is 0 Å². The second kappa shape index (κ2) is 4.67. The van der Waals surface area contributed by atoms with E-state index in [1.54, 1.807) is 0 Å². The van der Waals surface area contributed by atoms with Gasteiger partial charge in [-0.3, -0.25) is 0 Å². The van der Waals surface area contributed by atoms with E-state index in [0.717, 1.165) is 18.7 Å². The van der Waals surface area contributed by atoms with Crippen molar-refractivity contribution >= 4 is 0 Å². The van der Waals surface area contributed by atoms with E-state index in [4.69, 9.17) is 4.74 Å². The molecular weight excluding hydrogens is 186 g/mol.